The van der Waals surface area contributed by atoms with E-state index in [1.165, 1.54) is 30.6 Å². The monoisotopic (exact) mass is 461 g/mol. The van der Waals surface area contributed by atoms with Gasteiger partial charge >= 0.3 is 12.1 Å². The predicted molar refractivity (Wildman–Crippen MR) is 112 cm³/mol. The van der Waals surface area contributed by atoms with Crippen LogP contribution in [0.15, 0.2) is 78.0 Å². The normalized spacial score (nSPS) is 11.4. The van der Waals surface area contributed by atoms with Crippen molar-refractivity contribution in [2.75, 3.05) is 11.6 Å². The number of pyridine rings is 1. The number of ether oxygens (including phenoxy) is 1. The molecule has 10 heteroatoms. The van der Waals surface area contributed by atoms with Gasteiger partial charge in [0.15, 0.2) is 6.61 Å². The molecule has 0 saturated carbocycles. The van der Waals surface area contributed by atoms with Gasteiger partial charge in [-0.05, 0) is 35.9 Å². The third-order valence-corrected chi connectivity index (χ3v) is 4.38. The van der Waals surface area contributed by atoms with Crippen LogP contribution in [0.4, 0.5) is 18.9 Å². The highest BCUT2D eigenvalue weighted by molar-refractivity contribution is 6.32. The number of benzene rings is 2. The fraction of sp³-hybridized carbons (Fsp3) is 0.0909. The topological polar surface area (TPSA) is 71.9 Å². The molecule has 3 aromatic rings. The van der Waals surface area contributed by atoms with E-state index in [-0.39, 0.29) is 16.4 Å². The van der Waals surface area contributed by atoms with Crippen LogP contribution in [-0.2, 0) is 15.7 Å². The minimum Gasteiger partial charge on any atom is -0.452 e. The summed E-state index contributed by atoms with van der Waals surface area (Å²) in [5.41, 5.74) is -0.550. The number of anilines is 1. The van der Waals surface area contributed by atoms with E-state index < -0.39 is 30.2 Å². The second kappa shape index (κ2) is 10.1. The molecular weight excluding hydrogens is 447 g/mol. The van der Waals surface area contributed by atoms with Gasteiger partial charge in [0.25, 0.3) is 5.91 Å². The molecule has 0 atom stereocenters. The number of hydrazone groups is 1. The number of hydrogen-bond donors (Lipinski definition) is 0. The van der Waals surface area contributed by atoms with Crippen molar-refractivity contribution in [1.29, 1.82) is 0 Å². The number of aromatic nitrogens is 1. The minimum absolute atomic E-state index is 0.0552. The van der Waals surface area contributed by atoms with Gasteiger partial charge in [-0.3, -0.25) is 4.79 Å². The summed E-state index contributed by atoms with van der Waals surface area (Å²) in [5.74, 6) is -1.78. The van der Waals surface area contributed by atoms with Gasteiger partial charge in [0.1, 0.15) is 5.15 Å². The number of nitrogens with zero attached hydrogens (tertiary/aromatic N) is 3. The summed E-state index contributed by atoms with van der Waals surface area (Å²) in [6.07, 6.45) is -1.94. The van der Waals surface area contributed by atoms with E-state index in [4.69, 9.17) is 16.3 Å². The summed E-state index contributed by atoms with van der Waals surface area (Å²) in [7, 11) is 0. The zero-order valence-electron chi connectivity index (χ0n) is 16.3. The average Bonchev–Trinajstić information content (AvgIpc) is 2.78. The summed E-state index contributed by atoms with van der Waals surface area (Å²) in [4.78, 5) is 28.7. The first-order chi connectivity index (χ1) is 15.3. The molecule has 0 spiro atoms. The third kappa shape index (κ3) is 5.92. The van der Waals surface area contributed by atoms with Gasteiger partial charge in [-0.1, -0.05) is 48.0 Å². The highest BCUT2D eigenvalue weighted by Crippen LogP contribution is 2.31. The van der Waals surface area contributed by atoms with Gasteiger partial charge in [-0.15, -0.1) is 0 Å². The molecule has 3 rings (SSSR count). The SMILES string of the molecule is O=C(OCC(=O)N(N=Cc1ccccc1)c1cccc(C(F)(F)F)c1)c1cccnc1Cl. The molecule has 1 heterocycles. The number of alkyl halides is 3. The molecule has 164 valence electrons. The largest absolute Gasteiger partial charge is 0.452 e. The summed E-state index contributed by atoms with van der Waals surface area (Å²) >= 11 is 5.83. The fourth-order valence-electron chi connectivity index (χ4n) is 2.56. The summed E-state index contributed by atoms with van der Waals surface area (Å²) in [6.45, 7) is -0.785. The maximum absolute atomic E-state index is 13.1. The number of carbonyl (C=O) groups excluding carboxylic acids is 2. The van der Waals surface area contributed by atoms with Crippen molar-refractivity contribution in [2.45, 2.75) is 6.18 Å². The number of halogens is 4. The van der Waals surface area contributed by atoms with Crippen molar-refractivity contribution in [3.05, 3.63) is 94.8 Å². The molecule has 0 N–H and O–H groups in total. The van der Waals surface area contributed by atoms with Crippen LogP contribution in [0.2, 0.25) is 5.15 Å². The number of esters is 1. The smallest absolute Gasteiger partial charge is 0.416 e. The van der Waals surface area contributed by atoms with E-state index in [1.807, 2.05) is 0 Å². The van der Waals surface area contributed by atoms with Gasteiger partial charge in [-0.2, -0.15) is 23.3 Å². The predicted octanol–water partition coefficient (Wildman–Crippen LogP) is 4.98. The van der Waals surface area contributed by atoms with E-state index in [1.54, 1.807) is 30.3 Å². The molecule has 0 bridgehead atoms. The lowest BCUT2D eigenvalue weighted by Crippen LogP contribution is -2.31. The second-order valence-electron chi connectivity index (χ2n) is 6.33. The molecule has 0 unspecified atom stereocenters. The molecule has 0 aliphatic rings. The van der Waals surface area contributed by atoms with E-state index in [9.17, 15) is 22.8 Å². The third-order valence-electron chi connectivity index (χ3n) is 4.08. The van der Waals surface area contributed by atoms with Crippen molar-refractivity contribution >= 4 is 35.4 Å². The lowest BCUT2D eigenvalue weighted by Gasteiger charge is -2.18. The molecule has 0 aliphatic carbocycles. The summed E-state index contributed by atoms with van der Waals surface area (Å²) < 4.78 is 44.4. The summed E-state index contributed by atoms with van der Waals surface area (Å²) in [6, 6.07) is 15.5. The molecule has 0 saturated heterocycles. The van der Waals surface area contributed by atoms with E-state index in [0.29, 0.717) is 5.56 Å². The Balaban J connectivity index is 1.85. The Morgan fingerprint density at radius 1 is 1.06 bits per heavy atom. The van der Waals surface area contributed by atoms with Gasteiger partial charge in [0, 0.05) is 6.20 Å². The molecule has 1 amide bonds. The Bertz CT molecular complexity index is 1140. The number of carbonyl (C=O) groups is 2. The Morgan fingerprint density at radius 3 is 2.50 bits per heavy atom. The first-order valence-corrected chi connectivity index (χ1v) is 9.50. The maximum atomic E-state index is 13.1. The highest BCUT2D eigenvalue weighted by atomic mass is 35.5. The molecule has 0 aliphatic heterocycles. The Hall–Kier alpha value is -3.72. The summed E-state index contributed by atoms with van der Waals surface area (Å²) in [5, 5.41) is 4.64. The van der Waals surface area contributed by atoms with Crippen LogP contribution in [-0.4, -0.2) is 29.7 Å². The van der Waals surface area contributed by atoms with E-state index in [2.05, 4.69) is 10.1 Å². The Morgan fingerprint density at radius 2 is 1.81 bits per heavy atom. The lowest BCUT2D eigenvalue weighted by atomic mass is 10.2. The maximum Gasteiger partial charge on any atom is 0.416 e. The van der Waals surface area contributed by atoms with Crippen LogP contribution in [0.1, 0.15) is 21.5 Å². The van der Waals surface area contributed by atoms with Crippen LogP contribution in [0.25, 0.3) is 0 Å². The molecule has 0 radical (unpaired) electrons. The van der Waals surface area contributed by atoms with Crippen LogP contribution in [0.3, 0.4) is 0 Å². The number of hydrogen-bond acceptors (Lipinski definition) is 5. The van der Waals surface area contributed by atoms with Crippen molar-refractivity contribution < 1.29 is 27.5 Å². The van der Waals surface area contributed by atoms with Crippen molar-refractivity contribution in [2.24, 2.45) is 5.10 Å². The van der Waals surface area contributed by atoms with Crippen LogP contribution in [0, 0.1) is 0 Å². The van der Waals surface area contributed by atoms with Gasteiger partial charge in [-0.25, -0.2) is 9.78 Å². The van der Waals surface area contributed by atoms with Gasteiger partial charge in [0.2, 0.25) is 0 Å². The molecule has 1 aromatic heterocycles. The van der Waals surface area contributed by atoms with Crippen molar-refractivity contribution in [3.8, 4) is 0 Å². The zero-order chi connectivity index (χ0) is 23.1. The van der Waals surface area contributed by atoms with E-state index in [0.717, 1.165) is 23.2 Å². The van der Waals surface area contributed by atoms with Crippen molar-refractivity contribution in [1.82, 2.24) is 4.98 Å². The molecule has 32 heavy (non-hydrogen) atoms. The van der Waals surface area contributed by atoms with Crippen LogP contribution >= 0.6 is 11.6 Å². The number of amides is 1. The molecular formula is C22H15ClF3N3O3. The van der Waals surface area contributed by atoms with E-state index >= 15 is 0 Å². The molecule has 2 aromatic carbocycles. The fourth-order valence-corrected chi connectivity index (χ4v) is 2.75. The highest BCUT2D eigenvalue weighted by Gasteiger charge is 2.31. The minimum atomic E-state index is -4.61. The Labute approximate surface area is 185 Å². The van der Waals surface area contributed by atoms with Crippen LogP contribution in [0.5, 0.6) is 0 Å². The van der Waals surface area contributed by atoms with Crippen molar-refractivity contribution in [3.63, 3.8) is 0 Å². The molecule has 0 fully saturated rings. The quantitative estimate of drug-likeness (QED) is 0.225. The second-order valence-corrected chi connectivity index (χ2v) is 6.68. The Kier molecular flexibility index (Phi) is 7.21. The van der Waals surface area contributed by atoms with Crippen LogP contribution < -0.4 is 5.01 Å². The van der Waals surface area contributed by atoms with Gasteiger partial charge < -0.3 is 4.74 Å². The lowest BCUT2D eigenvalue weighted by molar-refractivity contribution is -0.137. The average molecular weight is 462 g/mol. The first kappa shape index (κ1) is 23.0. The zero-order valence-corrected chi connectivity index (χ0v) is 17.0. The standard InChI is InChI=1S/C22H15ClF3N3O3/c23-20-18(10-5-11-27-20)21(31)32-14-19(30)29(28-13-15-6-2-1-3-7-15)17-9-4-8-16(12-17)22(24,25)26/h1-13H,14H2. The van der Waals surface area contributed by atoms with Gasteiger partial charge in [0.05, 0.1) is 23.0 Å². The first-order valence-electron chi connectivity index (χ1n) is 9.12. The molecule has 6 nitrogen and oxygen atoms in total. The number of rotatable bonds is 6.